The maximum absolute atomic E-state index is 13.2. The van der Waals surface area contributed by atoms with Gasteiger partial charge >= 0.3 is 0 Å². The molecule has 0 radical (unpaired) electrons. The van der Waals surface area contributed by atoms with Gasteiger partial charge in [-0.05, 0) is 30.5 Å². The molecule has 1 saturated heterocycles. The summed E-state index contributed by atoms with van der Waals surface area (Å²) in [6.45, 7) is 2.36. The number of amides is 1. The minimum Gasteiger partial charge on any atom is -0.373 e. The highest BCUT2D eigenvalue weighted by molar-refractivity contribution is 5.92. The zero-order valence-corrected chi connectivity index (χ0v) is 14.5. The highest BCUT2D eigenvalue weighted by atomic mass is 19.2. The van der Waals surface area contributed by atoms with Crippen LogP contribution >= 0.6 is 0 Å². The molecule has 0 aliphatic carbocycles. The summed E-state index contributed by atoms with van der Waals surface area (Å²) in [5, 5.41) is 2.60. The lowest BCUT2D eigenvalue weighted by Gasteiger charge is -2.31. The molecule has 0 bridgehead atoms. The van der Waals surface area contributed by atoms with Gasteiger partial charge in [-0.15, -0.1) is 0 Å². The maximum atomic E-state index is 13.2. The van der Waals surface area contributed by atoms with Crippen molar-refractivity contribution in [1.82, 2.24) is 4.90 Å². The summed E-state index contributed by atoms with van der Waals surface area (Å²) in [5.41, 5.74) is 1.41. The second kappa shape index (κ2) is 8.87. The van der Waals surface area contributed by atoms with Crippen LogP contribution in [-0.2, 0) is 16.1 Å². The predicted octanol–water partition coefficient (Wildman–Crippen LogP) is 3.58. The first-order valence-corrected chi connectivity index (χ1v) is 8.73. The fourth-order valence-electron chi connectivity index (χ4n) is 3.00. The Hall–Kier alpha value is -2.31. The van der Waals surface area contributed by atoms with E-state index in [1.807, 2.05) is 35.2 Å². The van der Waals surface area contributed by atoms with Gasteiger partial charge in [-0.1, -0.05) is 30.3 Å². The Balaban J connectivity index is 1.39. The molecule has 2 aromatic rings. The van der Waals surface area contributed by atoms with Gasteiger partial charge in [0.25, 0.3) is 0 Å². The third-order valence-electron chi connectivity index (χ3n) is 4.43. The average Bonchev–Trinajstić information content (AvgIpc) is 2.65. The van der Waals surface area contributed by atoms with Crippen LogP contribution in [0.4, 0.5) is 14.5 Å². The molecule has 1 N–H and O–H groups in total. The number of carbonyl (C=O) groups is 1. The second-order valence-corrected chi connectivity index (χ2v) is 6.45. The first kappa shape index (κ1) is 18.5. The van der Waals surface area contributed by atoms with E-state index < -0.39 is 11.6 Å². The number of benzene rings is 2. The number of rotatable bonds is 6. The van der Waals surface area contributed by atoms with Crippen LogP contribution in [0.1, 0.15) is 18.4 Å². The van der Waals surface area contributed by atoms with Gasteiger partial charge in [0.1, 0.15) is 0 Å². The predicted molar refractivity (Wildman–Crippen MR) is 95.7 cm³/mol. The Morgan fingerprint density at radius 2 is 1.81 bits per heavy atom. The topological polar surface area (TPSA) is 41.6 Å². The lowest BCUT2D eigenvalue weighted by Crippen LogP contribution is -2.41. The normalized spacial score (nSPS) is 15.8. The van der Waals surface area contributed by atoms with Crippen molar-refractivity contribution in [2.24, 2.45) is 0 Å². The number of anilines is 1. The number of piperidine rings is 1. The molecule has 1 amide bonds. The van der Waals surface area contributed by atoms with E-state index in [4.69, 9.17) is 4.74 Å². The number of halogens is 2. The molecule has 26 heavy (non-hydrogen) atoms. The molecule has 6 heteroatoms. The van der Waals surface area contributed by atoms with Gasteiger partial charge in [-0.25, -0.2) is 8.78 Å². The molecule has 0 spiro atoms. The molecule has 0 aromatic heterocycles. The molecule has 0 unspecified atom stereocenters. The van der Waals surface area contributed by atoms with Crippen LogP contribution in [0.5, 0.6) is 0 Å². The van der Waals surface area contributed by atoms with E-state index in [-0.39, 0.29) is 24.2 Å². The Morgan fingerprint density at radius 1 is 1.08 bits per heavy atom. The monoisotopic (exact) mass is 360 g/mol. The van der Waals surface area contributed by atoms with Crippen LogP contribution in [0.2, 0.25) is 0 Å². The fraction of sp³-hybridized carbons (Fsp3) is 0.350. The van der Waals surface area contributed by atoms with Gasteiger partial charge in [-0.2, -0.15) is 0 Å². The van der Waals surface area contributed by atoms with Crippen molar-refractivity contribution < 1.29 is 18.3 Å². The molecular weight excluding hydrogens is 338 g/mol. The summed E-state index contributed by atoms with van der Waals surface area (Å²) in [6, 6.07) is 13.4. The number of nitrogens with zero attached hydrogens (tertiary/aromatic N) is 1. The molecule has 1 heterocycles. The fourth-order valence-corrected chi connectivity index (χ4v) is 3.00. The molecule has 4 nitrogen and oxygen atoms in total. The highest BCUT2D eigenvalue weighted by Crippen LogP contribution is 2.16. The Morgan fingerprint density at radius 3 is 2.50 bits per heavy atom. The third-order valence-corrected chi connectivity index (χ3v) is 4.43. The summed E-state index contributed by atoms with van der Waals surface area (Å²) < 4.78 is 32.0. The summed E-state index contributed by atoms with van der Waals surface area (Å²) in [4.78, 5) is 14.1. The van der Waals surface area contributed by atoms with Crippen LogP contribution < -0.4 is 5.32 Å². The van der Waals surface area contributed by atoms with E-state index in [2.05, 4.69) is 5.32 Å². The standard InChI is InChI=1S/C20H22F2N2O2/c21-18-7-6-16(12-19(18)22)23-20(25)13-24-10-8-17(9-11-24)26-14-15-4-2-1-3-5-15/h1-7,12,17H,8-11,13-14H2,(H,23,25). The minimum absolute atomic E-state index is 0.195. The van der Waals surface area contributed by atoms with Crippen molar-refractivity contribution in [2.45, 2.75) is 25.6 Å². The van der Waals surface area contributed by atoms with Crippen LogP contribution in [0.25, 0.3) is 0 Å². The Labute approximate surface area is 151 Å². The van der Waals surface area contributed by atoms with E-state index in [9.17, 15) is 13.6 Å². The van der Waals surface area contributed by atoms with Crippen molar-refractivity contribution in [1.29, 1.82) is 0 Å². The number of likely N-dealkylation sites (tertiary alicyclic amines) is 1. The van der Waals surface area contributed by atoms with Gasteiger partial charge in [0, 0.05) is 24.8 Å². The number of hydrogen-bond acceptors (Lipinski definition) is 3. The smallest absolute Gasteiger partial charge is 0.238 e. The Kier molecular flexibility index (Phi) is 6.30. The Bertz CT molecular complexity index is 732. The van der Waals surface area contributed by atoms with Crippen molar-refractivity contribution in [3.63, 3.8) is 0 Å². The zero-order valence-electron chi connectivity index (χ0n) is 14.5. The SMILES string of the molecule is O=C(CN1CCC(OCc2ccccc2)CC1)Nc1ccc(F)c(F)c1. The quantitative estimate of drug-likeness (QED) is 0.856. The van der Waals surface area contributed by atoms with Crippen LogP contribution in [0.3, 0.4) is 0 Å². The molecule has 0 saturated carbocycles. The molecule has 1 aliphatic rings. The van der Waals surface area contributed by atoms with Gasteiger partial charge in [0.2, 0.25) is 5.91 Å². The van der Waals surface area contributed by atoms with Crippen molar-refractivity contribution >= 4 is 11.6 Å². The lowest BCUT2D eigenvalue weighted by molar-refractivity contribution is -0.118. The van der Waals surface area contributed by atoms with E-state index in [1.165, 1.54) is 6.07 Å². The first-order valence-electron chi connectivity index (χ1n) is 8.73. The molecular formula is C20H22F2N2O2. The molecule has 2 aromatic carbocycles. The summed E-state index contributed by atoms with van der Waals surface area (Å²) in [7, 11) is 0. The van der Waals surface area contributed by atoms with Gasteiger partial charge in [0.05, 0.1) is 19.3 Å². The van der Waals surface area contributed by atoms with E-state index in [0.29, 0.717) is 6.61 Å². The number of ether oxygens (including phenoxy) is 1. The van der Waals surface area contributed by atoms with Crippen molar-refractivity contribution in [3.05, 3.63) is 65.7 Å². The second-order valence-electron chi connectivity index (χ2n) is 6.45. The van der Waals surface area contributed by atoms with E-state index in [1.54, 1.807) is 0 Å². The minimum atomic E-state index is -0.973. The maximum Gasteiger partial charge on any atom is 0.238 e. The van der Waals surface area contributed by atoms with Gasteiger partial charge in [-0.3, -0.25) is 9.69 Å². The van der Waals surface area contributed by atoms with Crippen LogP contribution in [0, 0.1) is 11.6 Å². The highest BCUT2D eigenvalue weighted by Gasteiger charge is 2.21. The first-order chi connectivity index (χ1) is 12.6. The summed E-state index contributed by atoms with van der Waals surface area (Å²) in [5.74, 6) is -2.14. The number of carbonyl (C=O) groups excluding carboxylic acids is 1. The van der Waals surface area contributed by atoms with Crippen LogP contribution in [-0.4, -0.2) is 36.5 Å². The van der Waals surface area contributed by atoms with Crippen molar-refractivity contribution in [3.8, 4) is 0 Å². The third kappa shape index (κ3) is 5.34. The molecule has 138 valence electrons. The summed E-state index contributed by atoms with van der Waals surface area (Å²) in [6.07, 6.45) is 1.93. The lowest BCUT2D eigenvalue weighted by atomic mass is 10.1. The van der Waals surface area contributed by atoms with Crippen molar-refractivity contribution in [2.75, 3.05) is 25.0 Å². The van der Waals surface area contributed by atoms with E-state index >= 15 is 0 Å². The molecule has 1 fully saturated rings. The molecule has 1 aliphatic heterocycles. The number of hydrogen-bond donors (Lipinski definition) is 1. The summed E-state index contributed by atoms with van der Waals surface area (Å²) >= 11 is 0. The van der Waals surface area contributed by atoms with E-state index in [0.717, 1.165) is 43.6 Å². The van der Waals surface area contributed by atoms with Gasteiger partial charge in [0.15, 0.2) is 11.6 Å². The van der Waals surface area contributed by atoms with Crippen LogP contribution in [0.15, 0.2) is 48.5 Å². The number of nitrogens with one attached hydrogen (secondary N) is 1. The zero-order chi connectivity index (χ0) is 18.4. The molecule has 3 rings (SSSR count). The average molecular weight is 360 g/mol. The largest absolute Gasteiger partial charge is 0.373 e. The van der Waals surface area contributed by atoms with Gasteiger partial charge < -0.3 is 10.1 Å². The molecule has 0 atom stereocenters.